The Hall–Kier alpha value is -0.0600. The molecule has 2 N–H and O–H groups in total. The zero-order chi connectivity index (χ0) is 8.97. The Morgan fingerprint density at radius 1 is 1.46 bits per heavy atom. The van der Waals surface area contributed by atoms with Crippen molar-refractivity contribution in [2.45, 2.75) is 6.42 Å². The molecular formula is C9H13Br2NO. The van der Waals surface area contributed by atoms with Gasteiger partial charge in [0.2, 0.25) is 0 Å². The number of nitrogens with two attached hydrogens (primary N) is 1. The lowest BCUT2D eigenvalue weighted by Gasteiger charge is -2.04. The van der Waals surface area contributed by atoms with E-state index in [9.17, 15) is 0 Å². The molecule has 0 heterocycles. The molecule has 0 bridgehead atoms. The molecule has 2 nitrogen and oxygen atoms in total. The van der Waals surface area contributed by atoms with Crippen LogP contribution in [0.4, 0.5) is 0 Å². The molecule has 0 fully saturated rings. The Labute approximate surface area is 97.4 Å². The summed E-state index contributed by atoms with van der Waals surface area (Å²) in [7, 11) is 1.66. The van der Waals surface area contributed by atoms with Crippen LogP contribution in [0.2, 0.25) is 0 Å². The molecule has 0 aliphatic rings. The molecule has 0 aliphatic heterocycles. The van der Waals surface area contributed by atoms with E-state index in [1.54, 1.807) is 7.11 Å². The summed E-state index contributed by atoms with van der Waals surface area (Å²) in [5.74, 6) is 0.857. The van der Waals surface area contributed by atoms with E-state index in [4.69, 9.17) is 10.5 Å². The first kappa shape index (κ1) is 12.9. The van der Waals surface area contributed by atoms with Crippen molar-refractivity contribution in [2.24, 2.45) is 5.73 Å². The van der Waals surface area contributed by atoms with Gasteiger partial charge in [0.1, 0.15) is 5.75 Å². The largest absolute Gasteiger partial charge is 0.496 e. The van der Waals surface area contributed by atoms with Gasteiger partial charge in [-0.05, 0) is 46.6 Å². The van der Waals surface area contributed by atoms with Crippen LogP contribution in [0.25, 0.3) is 0 Å². The molecule has 0 aliphatic carbocycles. The Bertz CT molecular complexity index is 266. The lowest BCUT2D eigenvalue weighted by atomic mass is 10.1. The van der Waals surface area contributed by atoms with E-state index in [0.717, 1.165) is 16.6 Å². The summed E-state index contributed by atoms with van der Waals surface area (Å²) >= 11 is 3.41. The smallest absolute Gasteiger partial charge is 0.133 e. The SMILES string of the molecule is Br.COc1ccc(CCN)cc1Br. The van der Waals surface area contributed by atoms with Crippen molar-refractivity contribution in [1.82, 2.24) is 0 Å². The van der Waals surface area contributed by atoms with Crippen LogP contribution in [0.3, 0.4) is 0 Å². The minimum atomic E-state index is 0. The molecule has 4 heteroatoms. The van der Waals surface area contributed by atoms with Crippen LogP contribution in [0.15, 0.2) is 22.7 Å². The highest BCUT2D eigenvalue weighted by atomic mass is 79.9. The summed E-state index contributed by atoms with van der Waals surface area (Å²) in [5.41, 5.74) is 6.66. The molecule has 0 unspecified atom stereocenters. The van der Waals surface area contributed by atoms with Gasteiger partial charge in [-0.15, -0.1) is 17.0 Å². The molecular weight excluding hydrogens is 298 g/mol. The third-order valence-corrected chi connectivity index (χ3v) is 2.27. The van der Waals surface area contributed by atoms with E-state index in [0.29, 0.717) is 6.54 Å². The third kappa shape index (κ3) is 3.67. The third-order valence-electron chi connectivity index (χ3n) is 1.65. The summed E-state index contributed by atoms with van der Waals surface area (Å²) in [4.78, 5) is 0. The molecule has 0 amide bonds. The second kappa shape index (κ2) is 6.40. The van der Waals surface area contributed by atoms with Gasteiger partial charge in [-0.25, -0.2) is 0 Å². The summed E-state index contributed by atoms with van der Waals surface area (Å²) in [6, 6.07) is 6.00. The van der Waals surface area contributed by atoms with Crippen molar-refractivity contribution in [3.05, 3.63) is 28.2 Å². The lowest BCUT2D eigenvalue weighted by Crippen LogP contribution is -2.02. The predicted octanol–water partition coefficient (Wildman–Crippen LogP) is 2.54. The topological polar surface area (TPSA) is 35.2 Å². The zero-order valence-electron chi connectivity index (χ0n) is 7.42. The van der Waals surface area contributed by atoms with E-state index in [1.165, 1.54) is 5.56 Å². The Balaban J connectivity index is 0.00000144. The number of ether oxygens (including phenoxy) is 1. The summed E-state index contributed by atoms with van der Waals surface area (Å²) in [6.45, 7) is 0.679. The highest BCUT2D eigenvalue weighted by Gasteiger charge is 1.99. The van der Waals surface area contributed by atoms with Crippen LogP contribution in [0.5, 0.6) is 5.75 Å². The van der Waals surface area contributed by atoms with Crippen LogP contribution in [0.1, 0.15) is 5.56 Å². The van der Waals surface area contributed by atoms with Crippen molar-refractivity contribution in [1.29, 1.82) is 0 Å². The Kier molecular flexibility index (Phi) is 6.37. The normalized spacial score (nSPS) is 9.15. The second-order valence-electron chi connectivity index (χ2n) is 2.51. The molecule has 0 saturated heterocycles. The molecule has 0 radical (unpaired) electrons. The first-order valence-electron chi connectivity index (χ1n) is 3.80. The van der Waals surface area contributed by atoms with Crippen LogP contribution in [-0.2, 0) is 6.42 Å². The number of halogens is 2. The lowest BCUT2D eigenvalue weighted by molar-refractivity contribution is 0.412. The standard InChI is InChI=1S/C9H12BrNO.BrH/c1-12-9-3-2-7(4-5-11)6-8(9)10;/h2-3,6H,4-5,11H2,1H3;1H. The van der Waals surface area contributed by atoms with Gasteiger partial charge in [0, 0.05) is 0 Å². The number of rotatable bonds is 3. The fourth-order valence-corrected chi connectivity index (χ4v) is 1.62. The molecule has 0 spiro atoms. The van der Waals surface area contributed by atoms with Crippen molar-refractivity contribution < 1.29 is 4.74 Å². The van der Waals surface area contributed by atoms with Crippen LogP contribution in [-0.4, -0.2) is 13.7 Å². The van der Waals surface area contributed by atoms with Crippen molar-refractivity contribution in [2.75, 3.05) is 13.7 Å². The minimum Gasteiger partial charge on any atom is -0.496 e. The number of methoxy groups -OCH3 is 1. The average molecular weight is 311 g/mol. The monoisotopic (exact) mass is 309 g/mol. The number of hydrogen-bond acceptors (Lipinski definition) is 2. The van der Waals surface area contributed by atoms with Gasteiger partial charge >= 0.3 is 0 Å². The van der Waals surface area contributed by atoms with Crippen LogP contribution >= 0.6 is 32.9 Å². The van der Waals surface area contributed by atoms with Gasteiger partial charge in [-0.1, -0.05) is 6.07 Å². The predicted molar refractivity (Wildman–Crippen MR) is 63.8 cm³/mol. The molecule has 0 saturated carbocycles. The van der Waals surface area contributed by atoms with Crippen LogP contribution in [0, 0.1) is 0 Å². The molecule has 1 rings (SSSR count). The molecule has 0 aromatic heterocycles. The average Bonchev–Trinajstić information content (AvgIpc) is 2.05. The number of hydrogen-bond donors (Lipinski definition) is 1. The van der Waals surface area contributed by atoms with E-state index in [2.05, 4.69) is 15.9 Å². The van der Waals surface area contributed by atoms with Gasteiger partial charge in [-0.3, -0.25) is 0 Å². The quantitative estimate of drug-likeness (QED) is 0.931. The fourth-order valence-electron chi connectivity index (χ4n) is 1.03. The van der Waals surface area contributed by atoms with E-state index < -0.39 is 0 Å². The Morgan fingerprint density at radius 2 is 2.15 bits per heavy atom. The van der Waals surface area contributed by atoms with Gasteiger partial charge < -0.3 is 10.5 Å². The van der Waals surface area contributed by atoms with Crippen molar-refractivity contribution >= 4 is 32.9 Å². The van der Waals surface area contributed by atoms with Crippen LogP contribution < -0.4 is 10.5 Å². The number of benzene rings is 1. The molecule has 74 valence electrons. The first-order valence-corrected chi connectivity index (χ1v) is 4.59. The highest BCUT2D eigenvalue weighted by molar-refractivity contribution is 9.10. The molecule has 1 aromatic carbocycles. The van der Waals surface area contributed by atoms with Crippen molar-refractivity contribution in [3.8, 4) is 5.75 Å². The van der Waals surface area contributed by atoms with Gasteiger partial charge in [0.05, 0.1) is 11.6 Å². The highest BCUT2D eigenvalue weighted by Crippen LogP contribution is 2.25. The maximum atomic E-state index is 5.43. The molecule has 0 atom stereocenters. The maximum Gasteiger partial charge on any atom is 0.133 e. The van der Waals surface area contributed by atoms with E-state index in [1.807, 2.05) is 18.2 Å². The molecule has 13 heavy (non-hydrogen) atoms. The van der Waals surface area contributed by atoms with E-state index >= 15 is 0 Å². The Morgan fingerprint density at radius 3 is 2.62 bits per heavy atom. The summed E-state index contributed by atoms with van der Waals surface area (Å²) in [6.07, 6.45) is 0.905. The minimum absolute atomic E-state index is 0. The molecule has 1 aromatic rings. The summed E-state index contributed by atoms with van der Waals surface area (Å²) in [5, 5.41) is 0. The van der Waals surface area contributed by atoms with Crippen molar-refractivity contribution in [3.63, 3.8) is 0 Å². The second-order valence-corrected chi connectivity index (χ2v) is 3.36. The fraction of sp³-hybridized carbons (Fsp3) is 0.333. The zero-order valence-corrected chi connectivity index (χ0v) is 10.7. The van der Waals surface area contributed by atoms with Gasteiger partial charge in [-0.2, -0.15) is 0 Å². The van der Waals surface area contributed by atoms with E-state index in [-0.39, 0.29) is 17.0 Å². The van der Waals surface area contributed by atoms with Gasteiger partial charge in [0.25, 0.3) is 0 Å². The first-order chi connectivity index (χ1) is 5.77. The van der Waals surface area contributed by atoms with Gasteiger partial charge in [0.15, 0.2) is 0 Å². The maximum absolute atomic E-state index is 5.43. The summed E-state index contributed by atoms with van der Waals surface area (Å²) < 4.78 is 6.08.